The molecule has 0 aliphatic carbocycles. The summed E-state index contributed by atoms with van der Waals surface area (Å²) in [6.07, 6.45) is 11.7. The summed E-state index contributed by atoms with van der Waals surface area (Å²) in [5.74, 6) is 0.435. The Morgan fingerprint density at radius 1 is 1.00 bits per heavy atom. The number of carbonyl (C=O) groups is 1. The van der Waals surface area contributed by atoms with Gasteiger partial charge < -0.3 is 0 Å². The molecule has 1 aliphatic rings. The molecule has 1 fully saturated rings. The van der Waals surface area contributed by atoms with Gasteiger partial charge in [0.2, 0.25) is 0 Å². The first-order chi connectivity index (χ1) is 18.5. The molecular formula is C30H46ClFN4O2Sn. The van der Waals surface area contributed by atoms with Crippen LogP contribution in [-0.2, 0) is 4.74 Å². The fourth-order valence-electron chi connectivity index (χ4n) is 5.28. The molecule has 0 atom stereocenters. The van der Waals surface area contributed by atoms with Gasteiger partial charge in [0, 0.05) is 0 Å². The van der Waals surface area contributed by atoms with Crippen LogP contribution in [0, 0.1) is 5.82 Å². The number of piperazine rings is 1. The van der Waals surface area contributed by atoms with Crippen LogP contribution in [0.4, 0.5) is 15.0 Å². The Bertz CT molecular complexity index is 1080. The van der Waals surface area contributed by atoms with Crippen LogP contribution >= 0.6 is 11.6 Å². The van der Waals surface area contributed by atoms with Crippen LogP contribution in [0.5, 0.6) is 0 Å². The Kier molecular flexibility index (Phi) is 12.0. The summed E-state index contributed by atoms with van der Waals surface area (Å²) in [5, 5.41) is 1.18. The van der Waals surface area contributed by atoms with Gasteiger partial charge in [0.1, 0.15) is 0 Å². The standard InChI is InChI=1S/C17H19ClFN4O2.C13H27.Sn/c1-17(2,3)25-16(24)23-6-4-22(5-7-23)15-12-8-11(18)9-13(19)14(12)20-10-21-15;1-4-7-10-13(11-8-5-2)12-9-6-3;/h8,10H,4-7H2,1-3H3;4-12H2,1-3H3;. The van der Waals surface area contributed by atoms with Gasteiger partial charge in [0.25, 0.3) is 0 Å². The van der Waals surface area contributed by atoms with Crippen molar-refractivity contribution in [2.24, 2.45) is 0 Å². The topological polar surface area (TPSA) is 58.6 Å². The number of hydrogen-bond acceptors (Lipinski definition) is 5. The third-order valence-corrected chi connectivity index (χ3v) is 14.0. The van der Waals surface area contributed by atoms with E-state index in [4.69, 9.17) is 16.3 Å². The zero-order valence-corrected chi connectivity index (χ0v) is 28.3. The van der Waals surface area contributed by atoms with Crippen molar-refractivity contribution in [3.63, 3.8) is 0 Å². The molecule has 0 bridgehead atoms. The van der Waals surface area contributed by atoms with Crippen molar-refractivity contribution in [2.45, 2.75) is 108 Å². The Hall–Kier alpha value is -1.35. The number of rotatable bonds is 12. The summed E-state index contributed by atoms with van der Waals surface area (Å²) in [6, 6.07) is 1.90. The summed E-state index contributed by atoms with van der Waals surface area (Å²) in [4.78, 5) is 25.3. The minimum absolute atomic E-state index is 0.220. The van der Waals surface area contributed by atoms with Gasteiger partial charge in [-0.25, -0.2) is 0 Å². The number of nitrogens with zero attached hydrogens (tertiary/aromatic N) is 4. The third-order valence-electron chi connectivity index (χ3n) is 7.45. The molecule has 3 rings (SSSR count). The van der Waals surface area contributed by atoms with Crippen molar-refractivity contribution >= 4 is 59.1 Å². The first-order valence-corrected chi connectivity index (χ1v) is 17.9. The minimum atomic E-state index is -1.39. The predicted octanol–water partition coefficient (Wildman–Crippen LogP) is 7.54. The summed E-state index contributed by atoms with van der Waals surface area (Å²) >= 11 is 5.53. The van der Waals surface area contributed by atoms with Gasteiger partial charge >= 0.3 is 230 Å². The zero-order chi connectivity index (χ0) is 28.6. The van der Waals surface area contributed by atoms with Crippen LogP contribution in [0.15, 0.2) is 12.4 Å². The van der Waals surface area contributed by atoms with Crippen molar-refractivity contribution in [2.75, 3.05) is 31.1 Å². The molecule has 6 nitrogen and oxygen atoms in total. The van der Waals surface area contributed by atoms with Gasteiger partial charge in [-0.3, -0.25) is 0 Å². The van der Waals surface area contributed by atoms with Gasteiger partial charge in [0.15, 0.2) is 0 Å². The summed E-state index contributed by atoms with van der Waals surface area (Å²) < 4.78 is 22.8. The van der Waals surface area contributed by atoms with Crippen LogP contribution in [0.25, 0.3) is 10.9 Å². The van der Waals surface area contributed by atoms with E-state index in [9.17, 15) is 4.79 Å². The van der Waals surface area contributed by atoms with Crippen LogP contribution in [-0.4, -0.2) is 73.9 Å². The van der Waals surface area contributed by atoms with Crippen molar-refractivity contribution in [1.82, 2.24) is 14.9 Å². The molecule has 2 heterocycles. The van der Waals surface area contributed by atoms with Crippen LogP contribution in [0.3, 0.4) is 0 Å². The molecule has 9 heteroatoms. The Morgan fingerprint density at radius 3 is 2.08 bits per heavy atom. The van der Waals surface area contributed by atoms with Crippen molar-refractivity contribution in [3.05, 3.63) is 23.2 Å². The van der Waals surface area contributed by atoms with Crippen LogP contribution in [0.2, 0.25) is 8.45 Å². The van der Waals surface area contributed by atoms with E-state index in [2.05, 4.69) is 35.6 Å². The second kappa shape index (κ2) is 14.5. The molecule has 0 saturated carbocycles. The fourth-order valence-corrected chi connectivity index (χ4v) is 11.1. The number of hydrogen-bond donors (Lipinski definition) is 0. The van der Waals surface area contributed by atoms with E-state index >= 15 is 4.39 Å². The molecule has 2 aromatic rings. The van der Waals surface area contributed by atoms with E-state index in [0.29, 0.717) is 47.9 Å². The van der Waals surface area contributed by atoms with E-state index in [-0.39, 0.29) is 15.3 Å². The third kappa shape index (κ3) is 8.57. The molecule has 1 saturated heterocycles. The number of carbonyl (C=O) groups excluding carboxylic acids is 1. The Morgan fingerprint density at radius 2 is 1.56 bits per heavy atom. The maximum atomic E-state index is 16.3. The number of amides is 1. The van der Waals surface area contributed by atoms with Crippen molar-refractivity contribution in [3.8, 4) is 0 Å². The number of unbranched alkanes of at least 4 members (excludes halogenated alkanes) is 3. The monoisotopic (exact) mass is 668 g/mol. The molecule has 216 valence electrons. The molecule has 1 amide bonds. The maximum absolute atomic E-state index is 16.3. The summed E-state index contributed by atoms with van der Waals surface area (Å²) in [5.41, 5.74) is -0.167. The first kappa shape index (κ1) is 32.2. The van der Waals surface area contributed by atoms with Crippen molar-refractivity contribution < 1.29 is 13.9 Å². The van der Waals surface area contributed by atoms with Crippen LogP contribution < -0.4 is 8.48 Å². The fraction of sp³-hybridized carbons (Fsp3) is 0.700. The van der Waals surface area contributed by atoms with Gasteiger partial charge in [-0.05, 0) is 20.8 Å². The predicted molar refractivity (Wildman–Crippen MR) is 161 cm³/mol. The van der Waals surface area contributed by atoms with Gasteiger partial charge in [0.05, 0.1) is 0 Å². The van der Waals surface area contributed by atoms with Crippen molar-refractivity contribution in [1.29, 1.82) is 0 Å². The number of ether oxygens (including phenoxy) is 1. The molecule has 1 aromatic carbocycles. The average Bonchev–Trinajstić information content (AvgIpc) is 2.90. The quantitative estimate of drug-likeness (QED) is 0.219. The van der Waals surface area contributed by atoms with E-state index in [1.165, 1.54) is 44.9 Å². The molecule has 0 spiro atoms. The molecular weight excluding hydrogens is 622 g/mol. The number of aromatic nitrogens is 2. The number of anilines is 1. The molecule has 0 N–H and O–H groups in total. The summed E-state index contributed by atoms with van der Waals surface area (Å²) in [7, 11) is 0. The molecule has 0 unspecified atom stereocenters. The number of fused-ring (bicyclic) bond motifs is 1. The van der Waals surface area contributed by atoms with E-state index in [1.54, 1.807) is 4.90 Å². The Balaban J connectivity index is 1.90. The van der Waals surface area contributed by atoms with Crippen LogP contribution in [0.1, 0.15) is 99.3 Å². The molecule has 1 aliphatic heterocycles. The second-order valence-electron chi connectivity index (χ2n) is 11.8. The molecule has 2 radical (unpaired) electrons. The van der Waals surface area contributed by atoms with Gasteiger partial charge in [-0.2, -0.15) is 0 Å². The normalized spacial score (nSPS) is 14.8. The zero-order valence-electron chi connectivity index (χ0n) is 24.7. The number of benzene rings is 1. The molecule has 1 aromatic heterocycles. The first-order valence-electron chi connectivity index (χ1n) is 14.7. The van der Waals surface area contributed by atoms with E-state index in [0.717, 1.165) is 22.8 Å². The second-order valence-corrected chi connectivity index (χ2v) is 17.4. The average molecular weight is 668 g/mol. The Labute approximate surface area is 249 Å². The number of halogens is 2. The van der Waals surface area contributed by atoms with E-state index < -0.39 is 26.7 Å². The van der Waals surface area contributed by atoms with Gasteiger partial charge in [-0.1, -0.05) is 0 Å². The van der Waals surface area contributed by atoms with Gasteiger partial charge in [-0.15, -0.1) is 0 Å². The summed E-state index contributed by atoms with van der Waals surface area (Å²) in [6.45, 7) is 14.5. The van der Waals surface area contributed by atoms with E-state index in [1.807, 2.05) is 26.8 Å². The SMILES string of the molecule is CCCC[C](CCCC)(CCCC)[Sn][c]1c(Cl)cc2c(N3CCN(C(=O)OC(C)(C)C)CC3)ncnc2c1F. The molecule has 39 heavy (non-hydrogen) atoms.